The summed E-state index contributed by atoms with van der Waals surface area (Å²) in [5, 5.41) is 18.9. The predicted molar refractivity (Wildman–Crippen MR) is 98.8 cm³/mol. The lowest BCUT2D eigenvalue weighted by Crippen LogP contribution is -2.31. The number of nitriles is 2. The summed E-state index contributed by atoms with van der Waals surface area (Å²) < 4.78 is 15.6. The summed E-state index contributed by atoms with van der Waals surface area (Å²) in [4.78, 5) is 12.9. The predicted octanol–water partition coefficient (Wildman–Crippen LogP) is 2.72. The van der Waals surface area contributed by atoms with Gasteiger partial charge in [-0.3, -0.25) is 9.36 Å². The fraction of sp³-hybridized carbons (Fsp3) is 0. The third kappa shape index (κ3) is 3.29. The molecule has 0 spiro atoms. The van der Waals surface area contributed by atoms with Gasteiger partial charge in [0.25, 0.3) is 5.56 Å². The molecule has 0 amide bonds. The molecule has 3 rings (SSSR count). The summed E-state index contributed by atoms with van der Waals surface area (Å²) in [5.74, 6) is -0.627. The molecule has 126 valence electrons. The highest BCUT2D eigenvalue weighted by Crippen LogP contribution is 2.12. The second kappa shape index (κ2) is 7.37. The van der Waals surface area contributed by atoms with E-state index in [-0.39, 0.29) is 20.5 Å². The number of para-hydroxylation sites is 1. The van der Waals surface area contributed by atoms with Crippen LogP contribution in [0.25, 0.3) is 17.3 Å². The fourth-order valence-corrected chi connectivity index (χ4v) is 3.62. The first-order valence-electron chi connectivity index (χ1n) is 7.33. The van der Waals surface area contributed by atoms with Gasteiger partial charge in [-0.25, -0.2) is 4.39 Å². The molecule has 0 aliphatic carbocycles. The summed E-state index contributed by atoms with van der Waals surface area (Å²) in [6, 6.07) is 16.1. The highest BCUT2D eigenvalue weighted by molar-refractivity contribution is 7.07. The average Bonchev–Trinajstić information content (AvgIpc) is 2.93. The Hall–Kier alpha value is -3.19. The summed E-state index contributed by atoms with van der Waals surface area (Å²) in [6.45, 7) is 0. The van der Waals surface area contributed by atoms with Gasteiger partial charge in [-0.05, 0) is 35.9 Å². The molecule has 0 radical (unpaired) electrons. The Balaban J connectivity index is 2.43. The van der Waals surface area contributed by atoms with Gasteiger partial charge < -0.3 is 0 Å². The van der Waals surface area contributed by atoms with Crippen molar-refractivity contribution in [3.8, 4) is 17.8 Å². The Morgan fingerprint density at radius 2 is 1.88 bits per heavy atom. The minimum Gasteiger partial charge on any atom is -0.267 e. The second-order valence-corrected chi connectivity index (χ2v) is 6.63. The van der Waals surface area contributed by atoms with E-state index in [0.717, 1.165) is 15.9 Å². The molecular formula is C19H9ClFN3OS. The van der Waals surface area contributed by atoms with Crippen molar-refractivity contribution in [3.05, 3.63) is 84.5 Å². The van der Waals surface area contributed by atoms with E-state index in [1.165, 1.54) is 18.2 Å². The van der Waals surface area contributed by atoms with Crippen LogP contribution in [0, 0.1) is 28.5 Å². The van der Waals surface area contributed by atoms with Crippen molar-refractivity contribution in [1.82, 2.24) is 4.57 Å². The van der Waals surface area contributed by atoms with Crippen molar-refractivity contribution >= 4 is 34.6 Å². The van der Waals surface area contributed by atoms with Crippen LogP contribution in [0.5, 0.6) is 0 Å². The van der Waals surface area contributed by atoms with Gasteiger partial charge in [0.15, 0.2) is 5.57 Å². The highest BCUT2D eigenvalue weighted by Gasteiger charge is 2.14. The molecule has 0 aliphatic heterocycles. The molecule has 1 aromatic heterocycles. The van der Waals surface area contributed by atoms with Crippen molar-refractivity contribution in [2.75, 3.05) is 0 Å². The van der Waals surface area contributed by atoms with Gasteiger partial charge in [0.05, 0.1) is 10.2 Å². The lowest BCUT2D eigenvalue weighted by molar-refractivity contribution is 0.616. The molecule has 2 aromatic carbocycles. The second-order valence-electron chi connectivity index (χ2n) is 5.16. The minimum absolute atomic E-state index is 0.0162. The molecule has 0 saturated heterocycles. The molecule has 3 aromatic rings. The van der Waals surface area contributed by atoms with Crippen molar-refractivity contribution in [2.24, 2.45) is 0 Å². The van der Waals surface area contributed by atoms with Crippen molar-refractivity contribution in [3.63, 3.8) is 0 Å². The van der Waals surface area contributed by atoms with Crippen LogP contribution in [0.15, 0.2) is 53.3 Å². The van der Waals surface area contributed by atoms with Crippen molar-refractivity contribution < 1.29 is 4.39 Å². The highest BCUT2D eigenvalue weighted by atomic mass is 35.5. The van der Waals surface area contributed by atoms with Crippen LogP contribution in [0.4, 0.5) is 4.39 Å². The van der Waals surface area contributed by atoms with E-state index < -0.39 is 11.4 Å². The quantitative estimate of drug-likeness (QED) is 0.685. The molecule has 0 atom stereocenters. The molecule has 1 heterocycles. The molecule has 0 bridgehead atoms. The Bertz CT molecular complexity index is 1250. The van der Waals surface area contributed by atoms with Crippen LogP contribution in [0.1, 0.15) is 5.56 Å². The summed E-state index contributed by atoms with van der Waals surface area (Å²) in [5.41, 5.74) is -0.116. The minimum atomic E-state index is -0.627. The molecule has 26 heavy (non-hydrogen) atoms. The standard InChI is InChI=1S/C19H9ClFN3OS/c20-14-5-3-4-12(8-14)9-17-18(25)24(16-7-2-1-6-15(16)21)19(26-17)13(10-22)11-23/h1-9H/b17-9+. The smallest absolute Gasteiger partial charge is 0.267 e. The molecular weight excluding hydrogens is 373 g/mol. The number of aromatic nitrogens is 1. The summed E-state index contributed by atoms with van der Waals surface area (Å²) in [7, 11) is 0. The van der Waals surface area contributed by atoms with Crippen LogP contribution >= 0.6 is 22.9 Å². The first-order valence-corrected chi connectivity index (χ1v) is 8.53. The Labute approximate surface area is 156 Å². The van der Waals surface area contributed by atoms with Crippen LogP contribution in [-0.4, -0.2) is 4.57 Å². The van der Waals surface area contributed by atoms with Gasteiger partial charge in [0, 0.05) is 5.02 Å². The molecule has 7 heteroatoms. The lowest BCUT2D eigenvalue weighted by Gasteiger charge is -2.03. The fourth-order valence-electron chi connectivity index (χ4n) is 2.37. The van der Waals surface area contributed by atoms with E-state index in [4.69, 9.17) is 11.6 Å². The Morgan fingerprint density at radius 1 is 1.15 bits per heavy atom. The summed E-state index contributed by atoms with van der Waals surface area (Å²) >= 11 is 6.91. The maximum Gasteiger partial charge on any atom is 0.273 e. The number of halogens is 2. The SMILES string of the molecule is N#CC(C#N)=c1s/c(=C/c2cccc(Cl)c2)c(=O)n1-c1ccccc1F. The van der Waals surface area contributed by atoms with Crippen LogP contribution in [0.3, 0.4) is 0 Å². The van der Waals surface area contributed by atoms with E-state index >= 15 is 0 Å². The van der Waals surface area contributed by atoms with Gasteiger partial charge in [0.2, 0.25) is 0 Å². The first kappa shape index (κ1) is 17.6. The number of rotatable bonds is 2. The molecule has 0 unspecified atom stereocenters. The molecule has 0 saturated carbocycles. The zero-order chi connectivity index (χ0) is 18.7. The zero-order valence-corrected chi connectivity index (χ0v) is 14.7. The Kier molecular flexibility index (Phi) is 4.99. The number of nitrogens with zero attached hydrogens (tertiary/aromatic N) is 3. The number of hydrogen-bond donors (Lipinski definition) is 0. The topological polar surface area (TPSA) is 69.6 Å². The lowest BCUT2D eigenvalue weighted by atomic mass is 10.2. The Morgan fingerprint density at radius 3 is 2.54 bits per heavy atom. The third-order valence-corrected chi connectivity index (χ3v) is 4.83. The zero-order valence-electron chi connectivity index (χ0n) is 13.1. The van der Waals surface area contributed by atoms with Crippen molar-refractivity contribution in [2.45, 2.75) is 0 Å². The van der Waals surface area contributed by atoms with Gasteiger partial charge in [-0.2, -0.15) is 10.5 Å². The monoisotopic (exact) mass is 381 g/mol. The van der Waals surface area contributed by atoms with E-state index in [9.17, 15) is 19.7 Å². The third-order valence-electron chi connectivity index (χ3n) is 3.50. The van der Waals surface area contributed by atoms with Crippen LogP contribution < -0.4 is 14.8 Å². The number of benzene rings is 2. The molecule has 0 N–H and O–H groups in total. The number of thiazole rings is 1. The van der Waals surface area contributed by atoms with E-state index in [1.54, 1.807) is 48.5 Å². The largest absolute Gasteiger partial charge is 0.273 e. The van der Waals surface area contributed by atoms with Crippen LogP contribution in [0.2, 0.25) is 5.02 Å². The molecule has 4 nitrogen and oxygen atoms in total. The average molecular weight is 382 g/mol. The first-order chi connectivity index (χ1) is 12.5. The van der Waals surface area contributed by atoms with E-state index in [1.807, 2.05) is 0 Å². The maximum atomic E-state index is 14.2. The van der Waals surface area contributed by atoms with Crippen LogP contribution in [-0.2, 0) is 0 Å². The molecule has 0 fully saturated rings. The normalized spacial score (nSPS) is 11.0. The van der Waals surface area contributed by atoms with Gasteiger partial charge >= 0.3 is 0 Å². The van der Waals surface area contributed by atoms with Gasteiger partial charge in [-0.1, -0.05) is 35.9 Å². The van der Waals surface area contributed by atoms with Gasteiger partial charge in [0.1, 0.15) is 22.6 Å². The van der Waals surface area contributed by atoms with E-state index in [0.29, 0.717) is 10.6 Å². The van der Waals surface area contributed by atoms with Crippen molar-refractivity contribution in [1.29, 1.82) is 10.5 Å². The van der Waals surface area contributed by atoms with E-state index in [2.05, 4.69) is 0 Å². The number of hydrogen-bond acceptors (Lipinski definition) is 4. The molecule has 0 aliphatic rings. The summed E-state index contributed by atoms with van der Waals surface area (Å²) in [6.07, 6.45) is 1.59. The van der Waals surface area contributed by atoms with Gasteiger partial charge in [-0.15, -0.1) is 11.3 Å². The maximum absolute atomic E-state index is 14.2.